The summed E-state index contributed by atoms with van der Waals surface area (Å²) in [6, 6.07) is 9.90. The molecular weight excluding hydrogens is 254 g/mol. The first-order valence-electron chi connectivity index (χ1n) is 9.04. The van der Waals surface area contributed by atoms with Crippen molar-refractivity contribution in [2.24, 2.45) is 11.8 Å². The molecule has 1 N–H and O–H groups in total. The third kappa shape index (κ3) is 4.57. The highest BCUT2D eigenvalue weighted by Gasteiger charge is 2.27. The van der Waals surface area contributed by atoms with Crippen molar-refractivity contribution in [3.8, 4) is 0 Å². The molecule has 0 saturated heterocycles. The number of nitrogens with one attached hydrogen (secondary N) is 1. The quantitative estimate of drug-likeness (QED) is 0.697. The number of hydrogen-bond donors (Lipinski definition) is 1. The maximum Gasteiger partial charge on any atom is 0.0346 e. The van der Waals surface area contributed by atoms with Crippen LogP contribution >= 0.6 is 0 Å². The van der Waals surface area contributed by atoms with E-state index in [9.17, 15) is 0 Å². The summed E-state index contributed by atoms with van der Waals surface area (Å²) in [6.45, 7) is 4.57. The molecule has 0 spiro atoms. The highest BCUT2D eigenvalue weighted by molar-refractivity contribution is 5.25. The van der Waals surface area contributed by atoms with Gasteiger partial charge < -0.3 is 5.32 Å². The second-order valence-corrected chi connectivity index (χ2v) is 6.83. The van der Waals surface area contributed by atoms with Gasteiger partial charge in [0.15, 0.2) is 0 Å². The van der Waals surface area contributed by atoms with Crippen LogP contribution in [0.5, 0.6) is 0 Å². The Labute approximate surface area is 131 Å². The molecule has 1 heteroatoms. The Morgan fingerprint density at radius 2 is 1.67 bits per heavy atom. The fourth-order valence-electron chi connectivity index (χ4n) is 4.07. The number of rotatable bonds is 7. The maximum absolute atomic E-state index is 3.59. The molecule has 1 aromatic carbocycles. The van der Waals surface area contributed by atoms with E-state index in [0.717, 1.165) is 11.8 Å². The van der Waals surface area contributed by atoms with Crippen LogP contribution in [0.3, 0.4) is 0 Å². The van der Waals surface area contributed by atoms with Gasteiger partial charge in [0, 0.05) is 6.04 Å². The van der Waals surface area contributed by atoms with Gasteiger partial charge in [-0.3, -0.25) is 0 Å². The normalized spacial score (nSPS) is 24.0. The molecule has 2 rings (SSSR count). The van der Waals surface area contributed by atoms with E-state index in [0.29, 0.717) is 6.04 Å². The molecule has 1 unspecified atom stereocenters. The van der Waals surface area contributed by atoms with Gasteiger partial charge >= 0.3 is 0 Å². The molecule has 118 valence electrons. The smallest absolute Gasteiger partial charge is 0.0346 e. The van der Waals surface area contributed by atoms with Crippen molar-refractivity contribution < 1.29 is 0 Å². The number of hydrogen-bond acceptors (Lipinski definition) is 1. The summed E-state index contributed by atoms with van der Waals surface area (Å²) in [5, 5.41) is 3.59. The van der Waals surface area contributed by atoms with Crippen molar-refractivity contribution in [2.45, 2.75) is 71.3 Å². The first-order valence-corrected chi connectivity index (χ1v) is 9.04. The van der Waals surface area contributed by atoms with Crippen molar-refractivity contribution in [2.75, 3.05) is 7.05 Å². The average Bonchev–Trinajstić information content (AvgIpc) is 2.52. The lowest BCUT2D eigenvalue weighted by Gasteiger charge is -2.34. The molecule has 0 aliphatic heterocycles. The van der Waals surface area contributed by atoms with Gasteiger partial charge in [0.25, 0.3) is 0 Å². The molecular formula is C20H33N. The third-order valence-electron chi connectivity index (χ3n) is 5.25. The molecule has 21 heavy (non-hydrogen) atoms. The van der Waals surface area contributed by atoms with Gasteiger partial charge in [0.2, 0.25) is 0 Å². The van der Waals surface area contributed by atoms with Crippen LogP contribution in [-0.2, 0) is 6.42 Å². The van der Waals surface area contributed by atoms with Gasteiger partial charge in [0.05, 0.1) is 0 Å². The van der Waals surface area contributed by atoms with Crippen molar-refractivity contribution in [3.63, 3.8) is 0 Å². The van der Waals surface area contributed by atoms with E-state index in [1.165, 1.54) is 62.5 Å². The average molecular weight is 287 g/mol. The van der Waals surface area contributed by atoms with E-state index in [1.54, 1.807) is 0 Å². The summed E-state index contributed by atoms with van der Waals surface area (Å²) in [5.41, 5.74) is 2.96. The van der Waals surface area contributed by atoms with Crippen LogP contribution in [-0.4, -0.2) is 7.05 Å². The Morgan fingerprint density at radius 1 is 1.00 bits per heavy atom. The molecule has 1 aliphatic carbocycles. The van der Waals surface area contributed by atoms with Gasteiger partial charge in [-0.25, -0.2) is 0 Å². The second kappa shape index (κ2) is 8.58. The fourth-order valence-corrected chi connectivity index (χ4v) is 4.07. The van der Waals surface area contributed by atoms with Crippen LogP contribution in [0.15, 0.2) is 24.3 Å². The summed E-state index contributed by atoms with van der Waals surface area (Å²) in [7, 11) is 2.13. The van der Waals surface area contributed by atoms with Crippen molar-refractivity contribution in [1.29, 1.82) is 0 Å². The fraction of sp³-hybridized carbons (Fsp3) is 0.700. The van der Waals surface area contributed by atoms with Crippen LogP contribution in [0.4, 0.5) is 0 Å². The third-order valence-corrected chi connectivity index (χ3v) is 5.25. The van der Waals surface area contributed by atoms with E-state index < -0.39 is 0 Å². The maximum atomic E-state index is 3.59. The minimum Gasteiger partial charge on any atom is -0.313 e. The van der Waals surface area contributed by atoms with Gasteiger partial charge in [-0.05, 0) is 49.3 Å². The Balaban J connectivity index is 1.96. The zero-order valence-electron chi connectivity index (χ0n) is 14.2. The molecule has 0 aromatic heterocycles. The summed E-state index contributed by atoms with van der Waals surface area (Å²) in [4.78, 5) is 0. The van der Waals surface area contributed by atoms with E-state index in [2.05, 4.69) is 50.5 Å². The molecule has 1 aliphatic rings. The zero-order valence-corrected chi connectivity index (χ0v) is 14.2. The van der Waals surface area contributed by atoms with Crippen LogP contribution in [0, 0.1) is 11.8 Å². The molecule has 1 atom stereocenters. The highest BCUT2D eigenvalue weighted by atomic mass is 14.9. The monoisotopic (exact) mass is 287 g/mol. The molecule has 1 saturated carbocycles. The standard InChI is InChI=1S/C20H33N/c1-4-6-16-8-12-18(13-9-16)20(21-3)19-14-10-17(7-5-2)11-15-19/h8-9,12-13,17,19-21H,4-7,10-11,14-15H2,1-3H3. The minimum absolute atomic E-state index is 0.545. The molecule has 0 amide bonds. The summed E-state index contributed by atoms with van der Waals surface area (Å²) >= 11 is 0. The molecule has 1 fully saturated rings. The number of aryl methyl sites for hydroxylation is 1. The summed E-state index contributed by atoms with van der Waals surface area (Å²) < 4.78 is 0. The van der Waals surface area contributed by atoms with E-state index in [1.807, 2.05) is 0 Å². The molecule has 0 radical (unpaired) electrons. The van der Waals surface area contributed by atoms with E-state index >= 15 is 0 Å². The highest BCUT2D eigenvalue weighted by Crippen LogP contribution is 2.38. The van der Waals surface area contributed by atoms with Gasteiger partial charge in [-0.15, -0.1) is 0 Å². The topological polar surface area (TPSA) is 12.0 Å². The van der Waals surface area contributed by atoms with Crippen LogP contribution in [0.1, 0.15) is 76.0 Å². The summed E-state index contributed by atoms with van der Waals surface area (Å²) in [6.07, 6.45) is 10.9. The number of benzene rings is 1. The predicted octanol–water partition coefficient (Wildman–Crippen LogP) is 5.51. The SMILES string of the molecule is CCCc1ccc(C(NC)C2CCC(CCC)CC2)cc1. The van der Waals surface area contributed by atoms with Crippen molar-refractivity contribution >= 4 is 0 Å². The van der Waals surface area contributed by atoms with E-state index in [4.69, 9.17) is 0 Å². The van der Waals surface area contributed by atoms with Crippen LogP contribution in [0.25, 0.3) is 0 Å². The Morgan fingerprint density at radius 3 is 2.19 bits per heavy atom. The predicted molar refractivity (Wildman–Crippen MR) is 92.6 cm³/mol. The van der Waals surface area contributed by atoms with Gasteiger partial charge in [-0.2, -0.15) is 0 Å². The molecule has 0 bridgehead atoms. The van der Waals surface area contributed by atoms with E-state index in [-0.39, 0.29) is 0 Å². The first-order chi connectivity index (χ1) is 10.3. The van der Waals surface area contributed by atoms with Gasteiger partial charge in [0.1, 0.15) is 0 Å². The lowest BCUT2D eigenvalue weighted by atomic mass is 9.75. The van der Waals surface area contributed by atoms with Gasteiger partial charge in [-0.1, -0.05) is 70.2 Å². The van der Waals surface area contributed by atoms with Crippen molar-refractivity contribution in [3.05, 3.63) is 35.4 Å². The summed E-state index contributed by atoms with van der Waals surface area (Å²) in [5.74, 6) is 1.82. The Bertz CT molecular complexity index is 387. The molecule has 0 heterocycles. The lowest BCUT2D eigenvalue weighted by Crippen LogP contribution is -2.28. The Hall–Kier alpha value is -0.820. The van der Waals surface area contributed by atoms with Crippen LogP contribution in [0.2, 0.25) is 0 Å². The molecule has 1 aromatic rings. The second-order valence-electron chi connectivity index (χ2n) is 6.83. The zero-order chi connectivity index (χ0) is 15.1. The lowest BCUT2D eigenvalue weighted by molar-refractivity contribution is 0.219. The minimum atomic E-state index is 0.545. The van der Waals surface area contributed by atoms with Crippen molar-refractivity contribution in [1.82, 2.24) is 5.32 Å². The molecule has 1 nitrogen and oxygen atoms in total. The Kier molecular flexibility index (Phi) is 6.76. The van der Waals surface area contributed by atoms with Crippen LogP contribution < -0.4 is 5.32 Å². The first kappa shape index (κ1) is 16.5. The largest absolute Gasteiger partial charge is 0.313 e.